The van der Waals surface area contributed by atoms with E-state index >= 15 is 0 Å². The maximum atomic E-state index is 12.7. The summed E-state index contributed by atoms with van der Waals surface area (Å²) in [6.45, 7) is 3.45. The Bertz CT molecular complexity index is 1230. The molecule has 0 saturated carbocycles. The average Bonchev–Trinajstić information content (AvgIpc) is 2.98. The molecule has 0 spiro atoms. The van der Waals surface area contributed by atoms with Crippen molar-refractivity contribution in [2.75, 3.05) is 11.3 Å². The number of fused-ring (bicyclic) bond motifs is 1. The molecule has 9 nitrogen and oxygen atoms in total. The van der Waals surface area contributed by atoms with Crippen LogP contribution in [-0.2, 0) is 14.8 Å². The largest absolute Gasteiger partial charge is 0.462 e. The second-order valence-corrected chi connectivity index (χ2v) is 8.49. The van der Waals surface area contributed by atoms with Crippen LogP contribution >= 0.6 is 15.9 Å². The molecule has 0 aliphatic heterocycles. The predicted molar refractivity (Wildman–Crippen MR) is 109 cm³/mol. The number of nitrogens with one attached hydrogen (secondary N) is 1. The van der Waals surface area contributed by atoms with Gasteiger partial charge in [-0.15, -0.1) is 0 Å². The molecule has 2 aromatic carbocycles. The summed E-state index contributed by atoms with van der Waals surface area (Å²) in [4.78, 5) is 22.2. The number of benzene rings is 2. The maximum absolute atomic E-state index is 12.7. The number of carbonyl (C=O) groups is 1. The van der Waals surface area contributed by atoms with Gasteiger partial charge in [-0.3, -0.25) is 14.8 Å². The molecular weight excluding hydrogens is 468 g/mol. The van der Waals surface area contributed by atoms with E-state index in [1.807, 2.05) is 0 Å². The van der Waals surface area contributed by atoms with Gasteiger partial charge in [-0.25, -0.2) is 13.2 Å². The second-order valence-electron chi connectivity index (χ2n) is 5.95. The molecule has 0 radical (unpaired) electrons. The van der Waals surface area contributed by atoms with Gasteiger partial charge in [0, 0.05) is 17.5 Å². The van der Waals surface area contributed by atoms with Gasteiger partial charge in [-0.2, -0.15) is 0 Å². The Kier molecular flexibility index (Phi) is 5.62. The number of nitro groups is 1. The first-order chi connectivity index (χ1) is 13.6. The molecule has 1 aromatic heterocycles. The van der Waals surface area contributed by atoms with Crippen molar-refractivity contribution in [2.45, 2.75) is 18.7 Å². The van der Waals surface area contributed by atoms with Crippen LogP contribution in [0.2, 0.25) is 0 Å². The molecule has 11 heteroatoms. The lowest BCUT2D eigenvalue weighted by Gasteiger charge is -2.09. The molecule has 3 rings (SSSR count). The third-order valence-electron chi connectivity index (χ3n) is 3.99. The van der Waals surface area contributed by atoms with Crippen LogP contribution in [0.1, 0.15) is 23.0 Å². The van der Waals surface area contributed by atoms with Gasteiger partial charge < -0.3 is 9.15 Å². The number of aryl methyl sites for hydroxylation is 1. The lowest BCUT2D eigenvalue weighted by Crippen LogP contribution is -2.13. The molecular formula is C18H15BrN2O7S. The summed E-state index contributed by atoms with van der Waals surface area (Å²) in [5.74, 6) is -0.257. The van der Waals surface area contributed by atoms with E-state index in [0.717, 1.165) is 6.07 Å². The topological polar surface area (TPSA) is 129 Å². The molecule has 0 bridgehead atoms. The van der Waals surface area contributed by atoms with Crippen molar-refractivity contribution in [1.29, 1.82) is 0 Å². The molecule has 0 unspecified atom stereocenters. The number of carbonyl (C=O) groups excluding carboxylic acids is 1. The molecule has 29 heavy (non-hydrogen) atoms. The Morgan fingerprint density at radius 1 is 1.31 bits per heavy atom. The highest BCUT2D eigenvalue weighted by Crippen LogP contribution is 2.35. The van der Waals surface area contributed by atoms with E-state index in [9.17, 15) is 23.3 Å². The van der Waals surface area contributed by atoms with E-state index in [1.54, 1.807) is 13.8 Å². The zero-order valence-corrected chi connectivity index (χ0v) is 17.7. The van der Waals surface area contributed by atoms with Gasteiger partial charge in [0.2, 0.25) is 0 Å². The number of esters is 1. The number of halogens is 1. The minimum absolute atomic E-state index is 0.141. The summed E-state index contributed by atoms with van der Waals surface area (Å²) in [5.41, 5.74) is 0.351. The zero-order valence-electron chi connectivity index (χ0n) is 15.3. The van der Waals surface area contributed by atoms with Crippen molar-refractivity contribution in [2.24, 2.45) is 0 Å². The van der Waals surface area contributed by atoms with Gasteiger partial charge in [-0.05, 0) is 48.0 Å². The summed E-state index contributed by atoms with van der Waals surface area (Å²) in [5, 5.41) is 11.3. The summed E-state index contributed by atoms with van der Waals surface area (Å²) in [6, 6.07) is 7.59. The average molecular weight is 483 g/mol. The Labute approximate surface area is 174 Å². The fourth-order valence-electron chi connectivity index (χ4n) is 2.77. The van der Waals surface area contributed by atoms with Crippen molar-refractivity contribution in [3.63, 3.8) is 0 Å². The van der Waals surface area contributed by atoms with Crippen molar-refractivity contribution < 1.29 is 27.3 Å². The molecule has 3 aromatic rings. The van der Waals surface area contributed by atoms with Crippen molar-refractivity contribution in [3.8, 4) is 0 Å². The van der Waals surface area contributed by atoms with Crippen LogP contribution in [-0.4, -0.2) is 25.9 Å². The van der Waals surface area contributed by atoms with Gasteiger partial charge in [0.15, 0.2) is 0 Å². The highest BCUT2D eigenvalue weighted by atomic mass is 79.9. The Morgan fingerprint density at radius 2 is 2.03 bits per heavy atom. The van der Waals surface area contributed by atoms with Crippen molar-refractivity contribution in [1.82, 2.24) is 0 Å². The summed E-state index contributed by atoms with van der Waals surface area (Å²) < 4.78 is 38.8. The number of nitrogens with zero attached hydrogens (tertiary/aromatic N) is 1. The molecule has 152 valence electrons. The van der Waals surface area contributed by atoms with Gasteiger partial charge in [0.25, 0.3) is 15.7 Å². The Balaban J connectivity index is 2.06. The number of nitro benzene ring substituents is 1. The van der Waals surface area contributed by atoms with Crippen LogP contribution in [0.4, 0.5) is 11.4 Å². The van der Waals surface area contributed by atoms with E-state index in [4.69, 9.17) is 9.15 Å². The minimum atomic E-state index is -4.11. The number of sulfonamides is 1. The first kappa shape index (κ1) is 20.8. The van der Waals surface area contributed by atoms with E-state index in [2.05, 4.69) is 20.7 Å². The van der Waals surface area contributed by atoms with Crippen LogP contribution in [0.15, 0.2) is 50.2 Å². The van der Waals surface area contributed by atoms with Crippen LogP contribution in [0.5, 0.6) is 0 Å². The van der Waals surface area contributed by atoms with Gasteiger partial charge in [-0.1, -0.05) is 6.07 Å². The van der Waals surface area contributed by atoms with Crippen LogP contribution < -0.4 is 4.72 Å². The molecule has 0 fully saturated rings. The van der Waals surface area contributed by atoms with E-state index in [0.29, 0.717) is 21.2 Å². The van der Waals surface area contributed by atoms with Crippen molar-refractivity contribution in [3.05, 3.63) is 62.3 Å². The number of furan rings is 1. The zero-order chi connectivity index (χ0) is 21.3. The number of rotatable bonds is 6. The number of ether oxygens (including phenoxy) is 1. The SMILES string of the molecule is CCOC(=O)c1c(C)oc2c(Br)cc(NS(=O)(=O)c3cccc([N+](=O)[O-])c3)cc12. The highest BCUT2D eigenvalue weighted by Gasteiger charge is 2.23. The number of hydrogen-bond donors (Lipinski definition) is 1. The Hall–Kier alpha value is -2.92. The van der Waals surface area contributed by atoms with Gasteiger partial charge in [0.05, 0.1) is 26.6 Å². The lowest BCUT2D eigenvalue weighted by molar-refractivity contribution is -0.385. The normalized spacial score (nSPS) is 11.4. The summed E-state index contributed by atoms with van der Waals surface area (Å²) in [6.07, 6.45) is 0. The quantitative estimate of drug-likeness (QED) is 0.313. The first-order valence-electron chi connectivity index (χ1n) is 8.31. The van der Waals surface area contributed by atoms with Crippen LogP contribution in [0.3, 0.4) is 0 Å². The highest BCUT2D eigenvalue weighted by molar-refractivity contribution is 9.10. The first-order valence-corrected chi connectivity index (χ1v) is 10.6. The molecule has 0 atom stereocenters. The molecule has 0 aliphatic rings. The van der Waals surface area contributed by atoms with E-state index < -0.39 is 20.9 Å². The van der Waals surface area contributed by atoms with E-state index in [1.165, 1.54) is 30.3 Å². The predicted octanol–water partition coefficient (Wildman–Crippen LogP) is 4.39. The molecule has 0 saturated heterocycles. The smallest absolute Gasteiger partial charge is 0.342 e. The van der Waals surface area contributed by atoms with Gasteiger partial charge in [0.1, 0.15) is 16.9 Å². The standard InChI is InChI=1S/C18H15BrN2O7S/c1-3-27-18(22)16-10(2)28-17-14(16)7-11(8-15(17)19)20-29(25,26)13-6-4-5-12(9-13)21(23)24/h4-9,20H,3H2,1-2H3. The van der Waals surface area contributed by atoms with Crippen molar-refractivity contribution >= 4 is 54.3 Å². The van der Waals surface area contributed by atoms with E-state index in [-0.39, 0.29) is 28.4 Å². The second kappa shape index (κ2) is 7.84. The number of non-ortho nitro benzene ring substituents is 1. The maximum Gasteiger partial charge on any atom is 0.342 e. The van der Waals surface area contributed by atoms with Gasteiger partial charge >= 0.3 is 5.97 Å². The fourth-order valence-corrected chi connectivity index (χ4v) is 4.39. The Morgan fingerprint density at radius 3 is 2.69 bits per heavy atom. The summed E-state index contributed by atoms with van der Waals surface area (Å²) in [7, 11) is -4.11. The third-order valence-corrected chi connectivity index (χ3v) is 5.96. The fraction of sp³-hybridized carbons (Fsp3) is 0.167. The number of anilines is 1. The monoisotopic (exact) mass is 482 g/mol. The summed E-state index contributed by atoms with van der Waals surface area (Å²) >= 11 is 3.31. The molecule has 1 heterocycles. The van der Waals surface area contributed by atoms with Crippen LogP contribution in [0, 0.1) is 17.0 Å². The third kappa shape index (κ3) is 4.10. The molecule has 1 N–H and O–H groups in total. The number of hydrogen-bond acceptors (Lipinski definition) is 7. The lowest BCUT2D eigenvalue weighted by atomic mass is 10.1. The molecule has 0 aliphatic carbocycles. The minimum Gasteiger partial charge on any atom is -0.462 e. The van der Waals surface area contributed by atoms with Crippen LogP contribution in [0.25, 0.3) is 11.0 Å². The molecule has 0 amide bonds.